The van der Waals surface area contributed by atoms with Gasteiger partial charge in [0.05, 0.1) is 6.10 Å². The Hall–Kier alpha value is -1.86. The van der Waals surface area contributed by atoms with Crippen LogP contribution in [-0.2, 0) is 14.0 Å². The van der Waals surface area contributed by atoms with Gasteiger partial charge >= 0.3 is 7.32 Å². The first-order chi connectivity index (χ1) is 12.4. The monoisotopic (exact) mass is 338 g/mol. The average molecular weight is 338 g/mol. The maximum absolute atomic E-state index is 6.11. The van der Waals surface area contributed by atoms with Gasteiger partial charge in [-0.3, -0.25) is 4.90 Å². The normalized spacial score (nSPS) is 23.6. The summed E-state index contributed by atoms with van der Waals surface area (Å²) in [4.78, 5) is 4.65. The molecule has 3 aliphatic heterocycles. The maximum Gasteiger partial charge on any atom is 0.639 e. The van der Waals surface area contributed by atoms with E-state index in [0.717, 1.165) is 37.6 Å². The summed E-state index contributed by atoms with van der Waals surface area (Å²) in [6, 6.07) is 20.8. The first-order valence-corrected chi connectivity index (χ1v) is 8.87. The lowest BCUT2D eigenvalue weighted by molar-refractivity contribution is -0.0160. The van der Waals surface area contributed by atoms with Crippen LogP contribution in [0, 0.1) is 0 Å². The fourth-order valence-electron chi connectivity index (χ4n) is 3.35. The van der Waals surface area contributed by atoms with Crippen molar-refractivity contribution in [3.8, 4) is 0 Å². The Morgan fingerprint density at radius 3 is 2.00 bits per heavy atom. The predicted octanol–water partition coefficient (Wildman–Crippen LogP) is 2.56. The number of hydrogen-bond acceptors (Lipinski definition) is 5. The second-order valence-electron chi connectivity index (χ2n) is 6.37. The summed E-state index contributed by atoms with van der Waals surface area (Å²) in [5.41, 5.74) is 2.31. The lowest BCUT2D eigenvalue weighted by atomic mass is 10.1. The molecule has 130 valence electrons. The minimum atomic E-state index is -0.555. The first-order valence-electron chi connectivity index (χ1n) is 8.87. The van der Waals surface area contributed by atoms with Gasteiger partial charge in [0.25, 0.3) is 0 Å². The molecule has 3 aliphatic rings. The summed E-state index contributed by atoms with van der Waals surface area (Å²) < 4.78 is 17.5. The number of rotatable bonds is 4. The number of nitrogens with zero attached hydrogens (tertiary/aromatic N) is 2. The van der Waals surface area contributed by atoms with Crippen LogP contribution in [0.4, 0.5) is 11.4 Å². The Morgan fingerprint density at radius 2 is 1.44 bits per heavy atom. The molecule has 3 heterocycles. The molecule has 0 radical (unpaired) electrons. The van der Waals surface area contributed by atoms with E-state index in [2.05, 4.69) is 58.3 Å². The van der Waals surface area contributed by atoms with Crippen LogP contribution in [0.25, 0.3) is 0 Å². The first kappa shape index (κ1) is 16.6. The molecule has 1 atom stereocenters. The Morgan fingerprint density at radius 1 is 0.880 bits per heavy atom. The molecule has 1 unspecified atom stereocenters. The fraction of sp³-hybridized carbons (Fsp3) is 0.368. The Balaban J connectivity index is 1.58. The van der Waals surface area contributed by atoms with Crippen molar-refractivity contribution in [1.29, 1.82) is 0 Å². The number of para-hydroxylation sites is 2. The van der Waals surface area contributed by atoms with Crippen molar-refractivity contribution in [2.75, 3.05) is 44.3 Å². The van der Waals surface area contributed by atoms with E-state index in [1.54, 1.807) is 0 Å². The molecule has 0 spiro atoms. The summed E-state index contributed by atoms with van der Waals surface area (Å²) in [6.45, 7) is 4.79. The largest absolute Gasteiger partial charge is 0.639 e. The van der Waals surface area contributed by atoms with Gasteiger partial charge in [0.15, 0.2) is 0 Å². The molecule has 0 aromatic heterocycles. The fourth-order valence-corrected chi connectivity index (χ4v) is 3.35. The molecule has 6 heteroatoms. The van der Waals surface area contributed by atoms with Gasteiger partial charge in [-0.2, -0.15) is 0 Å². The van der Waals surface area contributed by atoms with Crippen molar-refractivity contribution in [2.24, 2.45) is 0 Å². The minimum absolute atomic E-state index is 0.00557. The average Bonchev–Trinajstić information content (AvgIpc) is 2.61. The van der Waals surface area contributed by atoms with E-state index in [1.165, 1.54) is 0 Å². The topological polar surface area (TPSA) is 34.2 Å². The molecule has 5 rings (SSSR count). The smallest absolute Gasteiger partial charge is 0.385 e. The standard InChI is InChI=1S/C19H23BN2O3/c1-3-7-17(8-4-1)22(18-9-5-2-6-10-18)16-19-15-21-11-13-23-20(25-19)24-14-12-21/h1-10,19H,11-16H2. The summed E-state index contributed by atoms with van der Waals surface area (Å²) >= 11 is 0. The van der Waals surface area contributed by atoms with Gasteiger partial charge in [-0.1, -0.05) is 36.4 Å². The molecular weight excluding hydrogens is 315 g/mol. The van der Waals surface area contributed by atoms with Crippen LogP contribution in [0.15, 0.2) is 60.7 Å². The highest BCUT2D eigenvalue weighted by molar-refractivity contribution is 6.36. The zero-order chi connectivity index (χ0) is 16.9. The zero-order valence-electron chi connectivity index (χ0n) is 14.3. The zero-order valence-corrected chi connectivity index (χ0v) is 14.3. The third-order valence-corrected chi connectivity index (χ3v) is 4.61. The van der Waals surface area contributed by atoms with Crippen molar-refractivity contribution in [3.63, 3.8) is 0 Å². The molecule has 0 N–H and O–H groups in total. The highest BCUT2D eigenvalue weighted by Crippen LogP contribution is 2.26. The Kier molecular flexibility index (Phi) is 5.32. The molecule has 5 nitrogen and oxygen atoms in total. The van der Waals surface area contributed by atoms with Crippen molar-refractivity contribution in [3.05, 3.63) is 60.7 Å². The number of fused-ring (bicyclic) bond motifs is 6. The van der Waals surface area contributed by atoms with E-state index in [1.807, 2.05) is 12.1 Å². The second-order valence-corrected chi connectivity index (χ2v) is 6.37. The van der Waals surface area contributed by atoms with Gasteiger partial charge in [-0.25, -0.2) is 0 Å². The van der Waals surface area contributed by atoms with Crippen LogP contribution in [0.1, 0.15) is 0 Å². The van der Waals surface area contributed by atoms with Gasteiger partial charge in [0.1, 0.15) is 0 Å². The molecule has 2 bridgehead atoms. The van der Waals surface area contributed by atoms with Crippen LogP contribution in [0.2, 0.25) is 0 Å². The number of benzene rings is 2. The molecular formula is C19H23BN2O3. The maximum atomic E-state index is 6.11. The highest BCUT2D eigenvalue weighted by Gasteiger charge is 2.33. The van der Waals surface area contributed by atoms with Gasteiger partial charge in [0.2, 0.25) is 0 Å². The van der Waals surface area contributed by atoms with Gasteiger partial charge in [-0.15, -0.1) is 0 Å². The molecule has 2 aromatic rings. The summed E-state index contributed by atoms with van der Waals surface area (Å²) in [5.74, 6) is 0. The molecule has 2 aromatic carbocycles. The Bertz CT molecular complexity index is 595. The quantitative estimate of drug-likeness (QED) is 0.801. The van der Waals surface area contributed by atoms with E-state index in [0.29, 0.717) is 13.2 Å². The summed E-state index contributed by atoms with van der Waals surface area (Å²) in [7, 11) is -0.555. The van der Waals surface area contributed by atoms with E-state index in [9.17, 15) is 0 Å². The van der Waals surface area contributed by atoms with Crippen LogP contribution in [0.5, 0.6) is 0 Å². The van der Waals surface area contributed by atoms with Crippen LogP contribution < -0.4 is 4.90 Å². The third kappa shape index (κ3) is 4.22. The van der Waals surface area contributed by atoms with Crippen LogP contribution >= 0.6 is 0 Å². The summed E-state index contributed by atoms with van der Waals surface area (Å²) in [5, 5.41) is 0. The van der Waals surface area contributed by atoms with Crippen molar-refractivity contribution < 1.29 is 14.0 Å². The van der Waals surface area contributed by atoms with Crippen molar-refractivity contribution in [2.45, 2.75) is 6.10 Å². The summed E-state index contributed by atoms with van der Waals surface area (Å²) in [6.07, 6.45) is 0.00557. The molecule has 25 heavy (non-hydrogen) atoms. The van der Waals surface area contributed by atoms with Crippen molar-refractivity contribution >= 4 is 18.7 Å². The van der Waals surface area contributed by atoms with Crippen LogP contribution in [0.3, 0.4) is 0 Å². The molecule has 0 amide bonds. The van der Waals surface area contributed by atoms with E-state index in [4.69, 9.17) is 14.0 Å². The molecule has 0 aliphatic carbocycles. The van der Waals surface area contributed by atoms with Crippen molar-refractivity contribution in [1.82, 2.24) is 4.90 Å². The van der Waals surface area contributed by atoms with Gasteiger partial charge in [0, 0.05) is 50.8 Å². The predicted molar refractivity (Wildman–Crippen MR) is 98.9 cm³/mol. The number of anilines is 2. The van der Waals surface area contributed by atoms with Crippen LogP contribution in [-0.4, -0.2) is 57.7 Å². The molecule has 0 saturated carbocycles. The minimum Gasteiger partial charge on any atom is -0.385 e. The molecule has 3 fully saturated rings. The second kappa shape index (κ2) is 8.02. The number of hydrogen-bond donors (Lipinski definition) is 0. The van der Waals surface area contributed by atoms with E-state index in [-0.39, 0.29) is 6.10 Å². The SMILES string of the molecule is c1ccc(N(CC2CN3CCOB(OCC3)O2)c2ccccc2)cc1. The van der Waals surface area contributed by atoms with E-state index >= 15 is 0 Å². The highest BCUT2D eigenvalue weighted by atomic mass is 16.7. The van der Waals surface area contributed by atoms with Gasteiger partial charge in [-0.05, 0) is 24.3 Å². The Labute approximate surface area is 149 Å². The lowest BCUT2D eigenvalue weighted by Gasteiger charge is -2.37. The molecule has 3 saturated heterocycles. The van der Waals surface area contributed by atoms with E-state index < -0.39 is 7.32 Å². The van der Waals surface area contributed by atoms with Gasteiger partial charge < -0.3 is 18.9 Å². The lowest BCUT2D eigenvalue weighted by Crippen LogP contribution is -2.52. The third-order valence-electron chi connectivity index (χ3n) is 4.61.